The van der Waals surface area contributed by atoms with E-state index in [1.807, 2.05) is 30.3 Å². The van der Waals surface area contributed by atoms with Gasteiger partial charge in [-0.05, 0) is 52.9 Å². The number of furan rings is 1. The predicted molar refractivity (Wildman–Crippen MR) is 161 cm³/mol. The number of benzene rings is 5. The van der Waals surface area contributed by atoms with E-state index in [1.54, 1.807) is 0 Å². The molecule has 0 N–H and O–H groups in total. The summed E-state index contributed by atoms with van der Waals surface area (Å²) in [7, 11) is 0. The van der Waals surface area contributed by atoms with Crippen LogP contribution in [0, 0.1) is 0 Å². The minimum atomic E-state index is 0.869. The standard InChI is InChI=1S/C36H22N2O/c1-2-11-30-26(8-1)27-9-3-5-12-32(27)38-36(30)33-14-7-13-31(37-33)24-18-16-23(17-19-24)25-20-21-29-28-10-4-6-15-34(28)39-35(29)22-25/h1-22H. The zero-order valence-electron chi connectivity index (χ0n) is 21.0. The summed E-state index contributed by atoms with van der Waals surface area (Å²) in [4.78, 5) is 10.1. The Morgan fingerprint density at radius 2 is 1.03 bits per heavy atom. The molecule has 8 rings (SSSR count). The molecule has 39 heavy (non-hydrogen) atoms. The number of para-hydroxylation sites is 2. The molecule has 0 aliphatic carbocycles. The average molecular weight is 499 g/mol. The molecule has 0 amide bonds. The topological polar surface area (TPSA) is 38.9 Å². The van der Waals surface area contributed by atoms with Gasteiger partial charge < -0.3 is 4.42 Å². The van der Waals surface area contributed by atoms with Gasteiger partial charge in [-0.1, -0.05) is 97.1 Å². The summed E-state index contributed by atoms with van der Waals surface area (Å²) in [5.74, 6) is 0. The largest absolute Gasteiger partial charge is 0.456 e. The van der Waals surface area contributed by atoms with Crippen LogP contribution in [0.1, 0.15) is 0 Å². The molecular formula is C36H22N2O. The molecule has 0 aliphatic heterocycles. The van der Waals surface area contributed by atoms with Crippen LogP contribution in [0.5, 0.6) is 0 Å². The fourth-order valence-corrected chi connectivity index (χ4v) is 5.57. The maximum Gasteiger partial charge on any atom is 0.136 e. The first-order chi connectivity index (χ1) is 19.3. The van der Waals surface area contributed by atoms with Crippen molar-refractivity contribution in [1.82, 2.24) is 9.97 Å². The van der Waals surface area contributed by atoms with E-state index < -0.39 is 0 Å². The van der Waals surface area contributed by atoms with Gasteiger partial charge in [-0.25, -0.2) is 9.97 Å². The monoisotopic (exact) mass is 498 g/mol. The highest BCUT2D eigenvalue weighted by Crippen LogP contribution is 2.34. The molecule has 3 aromatic heterocycles. The van der Waals surface area contributed by atoms with Crippen molar-refractivity contribution in [3.05, 3.63) is 133 Å². The number of rotatable bonds is 3. The van der Waals surface area contributed by atoms with Crippen molar-refractivity contribution in [3.63, 3.8) is 0 Å². The van der Waals surface area contributed by atoms with Crippen LogP contribution in [-0.4, -0.2) is 9.97 Å². The summed E-state index contributed by atoms with van der Waals surface area (Å²) in [6.45, 7) is 0. The fraction of sp³-hybridized carbons (Fsp3) is 0. The van der Waals surface area contributed by atoms with Crippen LogP contribution in [0.15, 0.2) is 138 Å². The van der Waals surface area contributed by atoms with E-state index in [0.29, 0.717) is 0 Å². The highest BCUT2D eigenvalue weighted by atomic mass is 16.3. The van der Waals surface area contributed by atoms with E-state index in [4.69, 9.17) is 14.4 Å². The average Bonchev–Trinajstić information content (AvgIpc) is 3.39. The Bertz CT molecular complexity index is 2170. The quantitative estimate of drug-likeness (QED) is 0.228. The van der Waals surface area contributed by atoms with E-state index >= 15 is 0 Å². The highest BCUT2D eigenvalue weighted by molar-refractivity contribution is 6.10. The van der Waals surface area contributed by atoms with Crippen molar-refractivity contribution in [3.8, 4) is 33.8 Å². The summed E-state index contributed by atoms with van der Waals surface area (Å²) < 4.78 is 6.10. The van der Waals surface area contributed by atoms with E-state index in [0.717, 1.165) is 72.0 Å². The second-order valence-corrected chi connectivity index (χ2v) is 9.82. The molecule has 0 aliphatic rings. The molecule has 5 aromatic carbocycles. The third kappa shape index (κ3) is 3.59. The van der Waals surface area contributed by atoms with Crippen molar-refractivity contribution in [2.75, 3.05) is 0 Å². The first-order valence-electron chi connectivity index (χ1n) is 13.1. The molecule has 0 saturated heterocycles. The maximum absolute atomic E-state index is 6.10. The third-order valence-electron chi connectivity index (χ3n) is 7.49. The van der Waals surface area contributed by atoms with E-state index in [9.17, 15) is 0 Å². The van der Waals surface area contributed by atoms with Crippen LogP contribution in [0.25, 0.3) is 77.4 Å². The smallest absolute Gasteiger partial charge is 0.136 e. The Hall–Kier alpha value is -5.28. The van der Waals surface area contributed by atoms with Gasteiger partial charge in [0.05, 0.1) is 22.6 Å². The van der Waals surface area contributed by atoms with Gasteiger partial charge in [0.1, 0.15) is 11.2 Å². The van der Waals surface area contributed by atoms with E-state index in [2.05, 4.69) is 103 Å². The molecule has 0 saturated carbocycles. The molecule has 3 heteroatoms. The molecule has 0 bridgehead atoms. The number of hydrogen-bond acceptors (Lipinski definition) is 3. The Labute approximate surface area is 225 Å². The molecule has 0 fully saturated rings. The Morgan fingerprint density at radius 1 is 0.385 bits per heavy atom. The summed E-state index contributed by atoms with van der Waals surface area (Å²) in [5.41, 5.74) is 8.82. The molecular weight excluding hydrogens is 476 g/mol. The van der Waals surface area contributed by atoms with Crippen LogP contribution >= 0.6 is 0 Å². The summed E-state index contributed by atoms with van der Waals surface area (Å²) >= 11 is 0. The van der Waals surface area contributed by atoms with Gasteiger partial charge in [0, 0.05) is 27.1 Å². The van der Waals surface area contributed by atoms with Gasteiger partial charge in [0.15, 0.2) is 0 Å². The van der Waals surface area contributed by atoms with Gasteiger partial charge in [0.2, 0.25) is 0 Å². The predicted octanol–water partition coefficient (Wildman–Crippen LogP) is 9.68. The van der Waals surface area contributed by atoms with Crippen molar-refractivity contribution in [2.24, 2.45) is 0 Å². The second kappa shape index (κ2) is 8.64. The summed E-state index contributed by atoms with van der Waals surface area (Å²) in [5, 5.41) is 5.74. The lowest BCUT2D eigenvalue weighted by Crippen LogP contribution is -1.93. The minimum absolute atomic E-state index is 0.869. The lowest BCUT2D eigenvalue weighted by molar-refractivity contribution is 0.669. The zero-order chi connectivity index (χ0) is 25.8. The molecule has 0 spiro atoms. The number of pyridine rings is 2. The molecule has 3 nitrogen and oxygen atoms in total. The van der Waals surface area contributed by atoms with Crippen LogP contribution in [-0.2, 0) is 0 Å². The minimum Gasteiger partial charge on any atom is -0.456 e. The lowest BCUT2D eigenvalue weighted by atomic mass is 10.0. The third-order valence-corrected chi connectivity index (χ3v) is 7.49. The first-order valence-corrected chi connectivity index (χ1v) is 13.1. The molecule has 0 unspecified atom stereocenters. The Morgan fingerprint density at radius 3 is 1.90 bits per heavy atom. The van der Waals surface area contributed by atoms with Crippen molar-refractivity contribution in [2.45, 2.75) is 0 Å². The molecule has 8 aromatic rings. The summed E-state index contributed by atoms with van der Waals surface area (Å²) in [6, 6.07) is 46.1. The summed E-state index contributed by atoms with van der Waals surface area (Å²) in [6.07, 6.45) is 0. The SMILES string of the molecule is c1cc(-c2ccc(-c3ccc4c(c3)oc3ccccc34)cc2)nc(-c2nc3ccccc3c3ccccc23)c1. The normalized spacial score (nSPS) is 11.6. The van der Waals surface area contributed by atoms with Crippen LogP contribution in [0.3, 0.4) is 0 Å². The van der Waals surface area contributed by atoms with Crippen LogP contribution in [0.4, 0.5) is 0 Å². The fourth-order valence-electron chi connectivity index (χ4n) is 5.57. The molecule has 0 radical (unpaired) electrons. The van der Waals surface area contributed by atoms with Gasteiger partial charge in [-0.2, -0.15) is 0 Å². The maximum atomic E-state index is 6.10. The zero-order valence-corrected chi connectivity index (χ0v) is 21.0. The van der Waals surface area contributed by atoms with E-state index in [-0.39, 0.29) is 0 Å². The van der Waals surface area contributed by atoms with Gasteiger partial charge in [-0.3, -0.25) is 0 Å². The first kappa shape index (κ1) is 21.8. The van der Waals surface area contributed by atoms with Crippen molar-refractivity contribution in [1.29, 1.82) is 0 Å². The van der Waals surface area contributed by atoms with Crippen LogP contribution < -0.4 is 0 Å². The molecule has 0 atom stereocenters. The lowest BCUT2D eigenvalue weighted by Gasteiger charge is -2.11. The van der Waals surface area contributed by atoms with Crippen molar-refractivity contribution < 1.29 is 4.42 Å². The second-order valence-electron chi connectivity index (χ2n) is 9.82. The highest BCUT2D eigenvalue weighted by Gasteiger charge is 2.13. The van der Waals surface area contributed by atoms with Crippen LogP contribution in [0.2, 0.25) is 0 Å². The van der Waals surface area contributed by atoms with Gasteiger partial charge in [0.25, 0.3) is 0 Å². The molecule has 3 heterocycles. The van der Waals surface area contributed by atoms with Gasteiger partial charge >= 0.3 is 0 Å². The number of nitrogens with zero attached hydrogens (tertiary/aromatic N) is 2. The van der Waals surface area contributed by atoms with E-state index in [1.165, 1.54) is 5.39 Å². The number of fused-ring (bicyclic) bond motifs is 6. The van der Waals surface area contributed by atoms with Crippen molar-refractivity contribution >= 4 is 43.6 Å². The number of aromatic nitrogens is 2. The number of hydrogen-bond donors (Lipinski definition) is 0. The Balaban J connectivity index is 1.18. The molecule has 182 valence electrons. The van der Waals surface area contributed by atoms with Gasteiger partial charge in [-0.15, -0.1) is 0 Å². The Kier molecular flexibility index (Phi) is 4.82.